The Balaban J connectivity index is 1.84. The van der Waals surface area contributed by atoms with Crippen molar-refractivity contribution >= 4 is 0 Å². The molecule has 2 nitrogen and oxygen atoms in total. The van der Waals surface area contributed by atoms with E-state index in [0.29, 0.717) is 12.3 Å². The van der Waals surface area contributed by atoms with Crippen molar-refractivity contribution in [3.63, 3.8) is 0 Å². The maximum absolute atomic E-state index is 9.39. The van der Waals surface area contributed by atoms with E-state index in [-0.39, 0.29) is 5.41 Å². The third-order valence-electron chi connectivity index (χ3n) is 4.56. The molecule has 1 atom stereocenters. The number of aryl methyl sites for hydroxylation is 1. The lowest BCUT2D eigenvalue weighted by molar-refractivity contribution is 0.254. The average Bonchev–Trinajstić information content (AvgIpc) is 2.49. The first kappa shape index (κ1) is 13.2. The number of hydrogen-bond acceptors (Lipinski definition) is 2. The quantitative estimate of drug-likeness (QED) is 0.897. The van der Waals surface area contributed by atoms with Gasteiger partial charge in [-0.2, -0.15) is 0 Å². The summed E-state index contributed by atoms with van der Waals surface area (Å²) in [4.78, 5) is 0. The minimum Gasteiger partial charge on any atom is -0.508 e. The topological polar surface area (TPSA) is 46.2 Å². The van der Waals surface area contributed by atoms with Crippen molar-refractivity contribution in [2.45, 2.75) is 25.7 Å². The summed E-state index contributed by atoms with van der Waals surface area (Å²) in [7, 11) is 0. The van der Waals surface area contributed by atoms with Crippen molar-refractivity contribution in [3.8, 4) is 5.75 Å². The Morgan fingerprint density at radius 3 is 2.40 bits per heavy atom. The van der Waals surface area contributed by atoms with Crippen molar-refractivity contribution in [3.05, 3.63) is 65.2 Å². The van der Waals surface area contributed by atoms with Gasteiger partial charge in [-0.1, -0.05) is 36.4 Å². The number of hydrogen-bond donors (Lipinski definition) is 2. The molecule has 0 spiro atoms. The van der Waals surface area contributed by atoms with Crippen molar-refractivity contribution in [2.24, 2.45) is 11.1 Å². The van der Waals surface area contributed by atoms with Crippen LogP contribution in [-0.2, 0) is 19.3 Å². The van der Waals surface area contributed by atoms with Crippen LogP contribution >= 0.6 is 0 Å². The molecule has 0 fully saturated rings. The van der Waals surface area contributed by atoms with Gasteiger partial charge >= 0.3 is 0 Å². The molecule has 3 rings (SSSR count). The Hall–Kier alpha value is -1.80. The molecule has 0 saturated heterocycles. The van der Waals surface area contributed by atoms with Crippen LogP contribution in [0.2, 0.25) is 0 Å². The van der Waals surface area contributed by atoms with Crippen LogP contribution in [0.3, 0.4) is 0 Å². The molecule has 0 heterocycles. The van der Waals surface area contributed by atoms with E-state index in [2.05, 4.69) is 24.3 Å². The largest absolute Gasteiger partial charge is 0.508 e. The van der Waals surface area contributed by atoms with Gasteiger partial charge in [-0.15, -0.1) is 0 Å². The van der Waals surface area contributed by atoms with E-state index in [1.165, 1.54) is 16.7 Å². The molecule has 0 amide bonds. The van der Waals surface area contributed by atoms with Gasteiger partial charge in [-0.05, 0) is 66.5 Å². The van der Waals surface area contributed by atoms with E-state index < -0.39 is 0 Å². The lowest BCUT2D eigenvalue weighted by atomic mass is 9.68. The van der Waals surface area contributed by atoms with Crippen molar-refractivity contribution in [1.29, 1.82) is 0 Å². The summed E-state index contributed by atoms with van der Waals surface area (Å²) < 4.78 is 0. The normalized spacial score (nSPS) is 21.4. The van der Waals surface area contributed by atoms with Crippen LogP contribution in [0.25, 0.3) is 0 Å². The molecule has 20 heavy (non-hydrogen) atoms. The maximum atomic E-state index is 9.39. The molecule has 0 aromatic heterocycles. The molecule has 2 aromatic rings. The Morgan fingerprint density at radius 2 is 1.70 bits per heavy atom. The lowest BCUT2D eigenvalue weighted by Crippen LogP contribution is -2.38. The molecule has 1 unspecified atom stereocenters. The summed E-state index contributed by atoms with van der Waals surface area (Å²) in [5.41, 5.74) is 10.5. The summed E-state index contributed by atoms with van der Waals surface area (Å²) in [6, 6.07) is 16.2. The van der Waals surface area contributed by atoms with E-state index >= 15 is 0 Å². The Labute approximate surface area is 120 Å². The second kappa shape index (κ2) is 5.29. The summed E-state index contributed by atoms with van der Waals surface area (Å²) >= 11 is 0. The highest BCUT2D eigenvalue weighted by molar-refractivity contribution is 5.33. The van der Waals surface area contributed by atoms with Crippen LogP contribution < -0.4 is 5.73 Å². The zero-order chi connectivity index (χ0) is 14.0. The number of nitrogens with two attached hydrogens (primary N) is 1. The Kier molecular flexibility index (Phi) is 3.49. The van der Waals surface area contributed by atoms with Gasteiger partial charge in [0.05, 0.1) is 0 Å². The van der Waals surface area contributed by atoms with Crippen LogP contribution in [0.1, 0.15) is 23.1 Å². The van der Waals surface area contributed by atoms with Gasteiger partial charge in [-0.3, -0.25) is 0 Å². The third-order valence-corrected chi connectivity index (χ3v) is 4.56. The molecule has 0 bridgehead atoms. The van der Waals surface area contributed by atoms with E-state index in [9.17, 15) is 5.11 Å². The van der Waals surface area contributed by atoms with Crippen LogP contribution in [0.5, 0.6) is 5.75 Å². The van der Waals surface area contributed by atoms with Crippen LogP contribution in [0.15, 0.2) is 48.5 Å². The van der Waals surface area contributed by atoms with Crippen molar-refractivity contribution < 1.29 is 5.11 Å². The van der Waals surface area contributed by atoms with Crippen LogP contribution in [0.4, 0.5) is 0 Å². The standard InChI is InChI=1S/C18H21NO/c19-13-18(11-14-5-7-17(20)8-6-14)10-9-15-3-1-2-4-16(15)12-18/h1-8,20H,9-13,19H2. The first-order valence-corrected chi connectivity index (χ1v) is 7.26. The monoisotopic (exact) mass is 267 g/mol. The lowest BCUT2D eigenvalue weighted by Gasteiger charge is -2.37. The summed E-state index contributed by atoms with van der Waals surface area (Å²) in [5.74, 6) is 0.324. The summed E-state index contributed by atoms with van der Waals surface area (Å²) in [6.45, 7) is 0.711. The van der Waals surface area contributed by atoms with Crippen molar-refractivity contribution in [2.75, 3.05) is 6.54 Å². The molecule has 0 saturated carbocycles. The van der Waals surface area contributed by atoms with Gasteiger partial charge in [0.25, 0.3) is 0 Å². The molecule has 2 aromatic carbocycles. The highest BCUT2D eigenvalue weighted by atomic mass is 16.3. The van der Waals surface area contributed by atoms with Gasteiger partial charge in [0.1, 0.15) is 5.75 Å². The second-order valence-electron chi connectivity index (χ2n) is 5.99. The van der Waals surface area contributed by atoms with Gasteiger partial charge in [0.15, 0.2) is 0 Å². The number of aromatic hydroxyl groups is 1. The second-order valence-corrected chi connectivity index (χ2v) is 5.99. The molecule has 3 N–H and O–H groups in total. The zero-order valence-electron chi connectivity index (χ0n) is 11.7. The van der Waals surface area contributed by atoms with Crippen LogP contribution in [-0.4, -0.2) is 11.7 Å². The van der Waals surface area contributed by atoms with E-state index in [4.69, 9.17) is 5.73 Å². The number of phenols is 1. The molecular formula is C18H21NO. The predicted molar refractivity (Wildman–Crippen MR) is 81.8 cm³/mol. The fourth-order valence-corrected chi connectivity index (χ4v) is 3.31. The van der Waals surface area contributed by atoms with E-state index in [1.807, 2.05) is 12.1 Å². The van der Waals surface area contributed by atoms with E-state index in [1.54, 1.807) is 12.1 Å². The van der Waals surface area contributed by atoms with Gasteiger partial charge in [-0.25, -0.2) is 0 Å². The Bertz CT molecular complexity index is 591. The third kappa shape index (κ3) is 2.56. The van der Waals surface area contributed by atoms with Crippen LogP contribution in [0, 0.1) is 5.41 Å². The smallest absolute Gasteiger partial charge is 0.115 e. The highest BCUT2D eigenvalue weighted by Crippen LogP contribution is 2.37. The summed E-state index contributed by atoms with van der Waals surface area (Å²) in [5, 5.41) is 9.39. The Morgan fingerprint density at radius 1 is 1.00 bits per heavy atom. The fraction of sp³-hybridized carbons (Fsp3) is 0.333. The molecule has 1 aliphatic carbocycles. The maximum Gasteiger partial charge on any atom is 0.115 e. The number of phenolic OH excluding ortho intramolecular Hbond substituents is 1. The molecule has 2 heteroatoms. The average molecular weight is 267 g/mol. The zero-order valence-corrected chi connectivity index (χ0v) is 11.7. The SMILES string of the molecule is NCC1(Cc2ccc(O)cc2)CCc2ccccc2C1. The van der Waals surface area contributed by atoms with Crippen molar-refractivity contribution in [1.82, 2.24) is 0 Å². The molecule has 0 radical (unpaired) electrons. The first-order chi connectivity index (χ1) is 9.71. The minimum absolute atomic E-state index is 0.158. The fourth-order valence-electron chi connectivity index (χ4n) is 3.31. The number of rotatable bonds is 3. The number of fused-ring (bicyclic) bond motifs is 1. The molecule has 1 aliphatic rings. The van der Waals surface area contributed by atoms with Gasteiger partial charge in [0, 0.05) is 0 Å². The van der Waals surface area contributed by atoms with Gasteiger partial charge in [0.2, 0.25) is 0 Å². The molecule has 104 valence electrons. The minimum atomic E-state index is 0.158. The van der Waals surface area contributed by atoms with Gasteiger partial charge < -0.3 is 10.8 Å². The predicted octanol–water partition coefficient (Wildman–Crippen LogP) is 3.07. The molecular weight excluding hydrogens is 246 g/mol. The first-order valence-electron chi connectivity index (χ1n) is 7.26. The number of benzene rings is 2. The summed E-state index contributed by atoms with van der Waals surface area (Å²) in [6.07, 6.45) is 4.30. The molecule has 0 aliphatic heterocycles. The van der Waals surface area contributed by atoms with E-state index in [0.717, 1.165) is 25.7 Å². The highest BCUT2D eigenvalue weighted by Gasteiger charge is 2.33.